The summed E-state index contributed by atoms with van der Waals surface area (Å²) >= 11 is 0. The Balaban J connectivity index is 2.05. The van der Waals surface area contributed by atoms with Gasteiger partial charge in [-0.2, -0.15) is 0 Å². The van der Waals surface area contributed by atoms with E-state index in [-0.39, 0.29) is 5.97 Å². The Labute approximate surface area is 128 Å². The minimum absolute atomic E-state index is 0.267. The molecule has 1 N–H and O–H groups in total. The van der Waals surface area contributed by atoms with Crippen LogP contribution in [0, 0.1) is 18.8 Å². The zero-order valence-electron chi connectivity index (χ0n) is 13.6. The SMILES string of the molecule is COC(=O)c1cc(C)ccc1NC1CCC(C(C)C)CC1. The average Bonchev–Trinajstić information content (AvgIpc) is 2.48. The molecule has 3 heteroatoms. The highest BCUT2D eigenvalue weighted by atomic mass is 16.5. The zero-order valence-corrected chi connectivity index (χ0v) is 13.6. The van der Waals surface area contributed by atoms with Gasteiger partial charge in [0.1, 0.15) is 0 Å². The van der Waals surface area contributed by atoms with Crippen LogP contribution in [-0.2, 0) is 4.74 Å². The first-order valence-electron chi connectivity index (χ1n) is 7.96. The van der Waals surface area contributed by atoms with Gasteiger partial charge in [0, 0.05) is 11.7 Å². The van der Waals surface area contributed by atoms with Gasteiger partial charge in [-0.1, -0.05) is 25.5 Å². The fraction of sp³-hybridized carbons (Fsp3) is 0.611. The van der Waals surface area contributed by atoms with Crippen molar-refractivity contribution in [1.29, 1.82) is 0 Å². The quantitative estimate of drug-likeness (QED) is 0.834. The van der Waals surface area contributed by atoms with E-state index < -0.39 is 0 Å². The van der Waals surface area contributed by atoms with Gasteiger partial charge >= 0.3 is 5.97 Å². The molecule has 0 spiro atoms. The van der Waals surface area contributed by atoms with Crippen LogP contribution in [0.25, 0.3) is 0 Å². The predicted octanol–water partition coefficient (Wildman–Crippen LogP) is 4.41. The monoisotopic (exact) mass is 289 g/mol. The molecule has 0 aliphatic heterocycles. The van der Waals surface area contributed by atoms with Gasteiger partial charge in [-0.25, -0.2) is 4.79 Å². The molecular weight excluding hydrogens is 262 g/mol. The van der Waals surface area contributed by atoms with Crippen LogP contribution in [0.3, 0.4) is 0 Å². The highest BCUT2D eigenvalue weighted by Gasteiger charge is 2.24. The standard InChI is InChI=1S/C18H27NO2/c1-12(2)14-6-8-15(9-7-14)19-17-10-5-13(3)11-16(17)18(20)21-4/h5,10-12,14-15,19H,6-9H2,1-4H3. The topological polar surface area (TPSA) is 38.3 Å². The molecule has 1 fully saturated rings. The second kappa shape index (κ2) is 6.97. The summed E-state index contributed by atoms with van der Waals surface area (Å²) in [5, 5.41) is 3.55. The van der Waals surface area contributed by atoms with Gasteiger partial charge < -0.3 is 10.1 Å². The van der Waals surface area contributed by atoms with Crippen LogP contribution in [0.4, 0.5) is 5.69 Å². The molecule has 0 saturated heterocycles. The van der Waals surface area contributed by atoms with Gasteiger partial charge in [0.15, 0.2) is 0 Å². The number of hydrogen-bond donors (Lipinski definition) is 1. The number of carbonyl (C=O) groups excluding carboxylic acids is 1. The first-order chi connectivity index (χ1) is 10.0. The van der Waals surface area contributed by atoms with Crippen molar-refractivity contribution in [3.8, 4) is 0 Å². The molecule has 1 aromatic rings. The van der Waals surface area contributed by atoms with Crippen molar-refractivity contribution in [3.63, 3.8) is 0 Å². The molecule has 1 aromatic carbocycles. The number of hydrogen-bond acceptors (Lipinski definition) is 3. The Morgan fingerprint density at radius 1 is 1.24 bits per heavy atom. The molecule has 3 nitrogen and oxygen atoms in total. The molecule has 0 aromatic heterocycles. The third-order valence-corrected chi connectivity index (χ3v) is 4.65. The molecule has 0 atom stereocenters. The van der Waals surface area contributed by atoms with E-state index in [9.17, 15) is 4.79 Å². The smallest absolute Gasteiger partial charge is 0.339 e. The Hall–Kier alpha value is -1.51. The van der Waals surface area contributed by atoms with Gasteiger partial charge in [-0.05, 0) is 56.6 Å². The number of carbonyl (C=O) groups is 1. The normalized spacial score (nSPS) is 22.1. The molecule has 0 radical (unpaired) electrons. The lowest BCUT2D eigenvalue weighted by molar-refractivity contribution is 0.0601. The number of rotatable bonds is 4. The van der Waals surface area contributed by atoms with Crippen molar-refractivity contribution in [2.45, 2.75) is 52.5 Å². The molecule has 1 aliphatic rings. The zero-order chi connectivity index (χ0) is 15.4. The van der Waals surface area contributed by atoms with Crippen LogP contribution >= 0.6 is 0 Å². The van der Waals surface area contributed by atoms with Gasteiger partial charge in [-0.3, -0.25) is 0 Å². The summed E-state index contributed by atoms with van der Waals surface area (Å²) in [6, 6.07) is 6.39. The van der Waals surface area contributed by atoms with Crippen molar-refractivity contribution in [1.82, 2.24) is 0 Å². The first kappa shape index (κ1) is 15.9. The van der Waals surface area contributed by atoms with Crippen molar-refractivity contribution in [3.05, 3.63) is 29.3 Å². The van der Waals surface area contributed by atoms with Gasteiger partial charge in [0.2, 0.25) is 0 Å². The lowest BCUT2D eigenvalue weighted by Gasteiger charge is -2.32. The molecule has 0 amide bonds. The van der Waals surface area contributed by atoms with E-state index in [4.69, 9.17) is 4.74 Å². The molecule has 1 saturated carbocycles. The van der Waals surface area contributed by atoms with Crippen molar-refractivity contribution >= 4 is 11.7 Å². The second-order valence-corrected chi connectivity index (χ2v) is 6.54. The van der Waals surface area contributed by atoms with Crippen LogP contribution in [0.2, 0.25) is 0 Å². The molecule has 21 heavy (non-hydrogen) atoms. The molecule has 1 aliphatic carbocycles. The highest BCUT2D eigenvalue weighted by molar-refractivity contribution is 5.95. The Kier molecular flexibility index (Phi) is 5.27. The maximum Gasteiger partial charge on any atom is 0.339 e. The largest absolute Gasteiger partial charge is 0.465 e. The third-order valence-electron chi connectivity index (χ3n) is 4.65. The fourth-order valence-corrected chi connectivity index (χ4v) is 3.21. The number of esters is 1. The second-order valence-electron chi connectivity index (χ2n) is 6.54. The number of anilines is 1. The minimum atomic E-state index is -0.267. The minimum Gasteiger partial charge on any atom is -0.465 e. The van der Waals surface area contributed by atoms with E-state index in [1.807, 2.05) is 25.1 Å². The van der Waals surface area contributed by atoms with E-state index in [1.165, 1.54) is 32.8 Å². The number of methoxy groups -OCH3 is 1. The third kappa shape index (κ3) is 3.99. The summed E-state index contributed by atoms with van der Waals surface area (Å²) in [7, 11) is 1.43. The Morgan fingerprint density at radius 3 is 2.48 bits per heavy atom. The van der Waals surface area contributed by atoms with Crippen LogP contribution in [0.5, 0.6) is 0 Å². The molecule has 2 rings (SSSR count). The average molecular weight is 289 g/mol. The maximum absolute atomic E-state index is 11.9. The van der Waals surface area contributed by atoms with E-state index in [0.717, 1.165) is 23.1 Å². The molecule has 0 heterocycles. The maximum atomic E-state index is 11.9. The molecule has 0 unspecified atom stereocenters. The van der Waals surface area contributed by atoms with E-state index in [1.54, 1.807) is 0 Å². The summed E-state index contributed by atoms with van der Waals surface area (Å²) in [6.45, 7) is 6.62. The van der Waals surface area contributed by atoms with E-state index >= 15 is 0 Å². The summed E-state index contributed by atoms with van der Waals surface area (Å²) < 4.78 is 4.89. The highest BCUT2D eigenvalue weighted by Crippen LogP contribution is 2.32. The predicted molar refractivity (Wildman–Crippen MR) is 86.7 cm³/mol. The summed E-state index contributed by atoms with van der Waals surface area (Å²) in [5.74, 6) is 1.36. The number of benzene rings is 1. The van der Waals surface area contributed by atoms with Crippen molar-refractivity contribution in [2.24, 2.45) is 11.8 Å². The van der Waals surface area contributed by atoms with Crippen LogP contribution in [-0.4, -0.2) is 19.1 Å². The molecular formula is C18H27NO2. The Morgan fingerprint density at radius 2 is 1.90 bits per heavy atom. The number of ether oxygens (including phenoxy) is 1. The van der Waals surface area contributed by atoms with Crippen molar-refractivity contribution in [2.75, 3.05) is 12.4 Å². The summed E-state index contributed by atoms with van der Waals surface area (Å²) in [4.78, 5) is 11.9. The fourth-order valence-electron chi connectivity index (χ4n) is 3.21. The summed E-state index contributed by atoms with van der Waals surface area (Å²) in [6.07, 6.45) is 4.90. The van der Waals surface area contributed by atoms with Gasteiger partial charge in [0.25, 0.3) is 0 Å². The lowest BCUT2D eigenvalue weighted by atomic mass is 9.79. The molecule has 116 valence electrons. The van der Waals surface area contributed by atoms with Gasteiger partial charge in [-0.15, -0.1) is 0 Å². The Bertz CT molecular complexity index is 488. The van der Waals surface area contributed by atoms with E-state index in [2.05, 4.69) is 19.2 Å². The van der Waals surface area contributed by atoms with Crippen LogP contribution in [0.1, 0.15) is 55.5 Å². The van der Waals surface area contributed by atoms with Crippen LogP contribution in [0.15, 0.2) is 18.2 Å². The molecule has 0 bridgehead atoms. The number of aryl methyl sites for hydroxylation is 1. The lowest BCUT2D eigenvalue weighted by Crippen LogP contribution is -2.28. The first-order valence-corrected chi connectivity index (χ1v) is 7.96. The van der Waals surface area contributed by atoms with E-state index in [0.29, 0.717) is 11.6 Å². The summed E-state index contributed by atoms with van der Waals surface area (Å²) in [5.41, 5.74) is 2.62. The van der Waals surface area contributed by atoms with Crippen molar-refractivity contribution < 1.29 is 9.53 Å². The van der Waals surface area contributed by atoms with Crippen LogP contribution < -0.4 is 5.32 Å². The van der Waals surface area contributed by atoms with Gasteiger partial charge in [0.05, 0.1) is 12.7 Å². The number of nitrogens with one attached hydrogen (secondary N) is 1.